The molecule has 0 saturated heterocycles. The Labute approximate surface area is 100 Å². The zero-order valence-electron chi connectivity index (χ0n) is 9.47. The SMILES string of the molecule is OC1CCc2c(Oc3ccccc3)cccc21. The summed E-state index contributed by atoms with van der Waals surface area (Å²) in [7, 11) is 0. The Morgan fingerprint density at radius 2 is 1.82 bits per heavy atom. The lowest BCUT2D eigenvalue weighted by atomic mass is 10.1. The average molecular weight is 226 g/mol. The van der Waals surface area contributed by atoms with Crippen molar-refractivity contribution in [3.63, 3.8) is 0 Å². The molecule has 0 aliphatic heterocycles. The second-order valence-corrected chi connectivity index (χ2v) is 4.29. The summed E-state index contributed by atoms with van der Waals surface area (Å²) in [4.78, 5) is 0. The van der Waals surface area contributed by atoms with Gasteiger partial charge < -0.3 is 9.84 Å². The number of para-hydroxylation sites is 1. The quantitative estimate of drug-likeness (QED) is 0.849. The van der Waals surface area contributed by atoms with E-state index >= 15 is 0 Å². The second-order valence-electron chi connectivity index (χ2n) is 4.29. The smallest absolute Gasteiger partial charge is 0.130 e. The Hall–Kier alpha value is -1.80. The first-order valence-corrected chi connectivity index (χ1v) is 5.87. The second kappa shape index (κ2) is 4.22. The number of hydrogen-bond donors (Lipinski definition) is 1. The van der Waals surface area contributed by atoms with Crippen molar-refractivity contribution in [3.05, 3.63) is 59.7 Å². The molecule has 0 saturated carbocycles. The molecule has 17 heavy (non-hydrogen) atoms. The maximum atomic E-state index is 9.82. The molecule has 0 fully saturated rings. The Morgan fingerprint density at radius 3 is 2.65 bits per heavy atom. The molecule has 0 bridgehead atoms. The zero-order chi connectivity index (χ0) is 11.7. The largest absolute Gasteiger partial charge is 0.457 e. The van der Waals surface area contributed by atoms with Gasteiger partial charge >= 0.3 is 0 Å². The van der Waals surface area contributed by atoms with Gasteiger partial charge in [-0.25, -0.2) is 0 Å². The molecule has 1 unspecified atom stereocenters. The van der Waals surface area contributed by atoms with Crippen molar-refractivity contribution in [2.24, 2.45) is 0 Å². The zero-order valence-corrected chi connectivity index (χ0v) is 9.47. The molecular formula is C15H14O2. The number of ether oxygens (including phenoxy) is 1. The van der Waals surface area contributed by atoms with E-state index in [1.165, 1.54) is 0 Å². The molecule has 0 amide bonds. The lowest BCUT2D eigenvalue weighted by Crippen LogP contribution is -1.92. The summed E-state index contributed by atoms with van der Waals surface area (Å²) in [6.07, 6.45) is 1.36. The van der Waals surface area contributed by atoms with Crippen molar-refractivity contribution >= 4 is 0 Å². The average Bonchev–Trinajstić information content (AvgIpc) is 2.74. The van der Waals surface area contributed by atoms with E-state index < -0.39 is 0 Å². The van der Waals surface area contributed by atoms with Gasteiger partial charge in [0.15, 0.2) is 0 Å². The third-order valence-corrected chi connectivity index (χ3v) is 3.17. The first kappa shape index (κ1) is 10.4. The fraction of sp³-hybridized carbons (Fsp3) is 0.200. The van der Waals surface area contributed by atoms with Crippen LogP contribution in [0.5, 0.6) is 11.5 Å². The molecule has 2 heteroatoms. The van der Waals surface area contributed by atoms with Crippen molar-refractivity contribution < 1.29 is 9.84 Å². The van der Waals surface area contributed by atoms with Gasteiger partial charge in [0, 0.05) is 5.56 Å². The monoisotopic (exact) mass is 226 g/mol. The minimum atomic E-state index is -0.329. The topological polar surface area (TPSA) is 29.5 Å². The minimum Gasteiger partial charge on any atom is -0.457 e. The molecule has 1 aliphatic rings. The predicted molar refractivity (Wildman–Crippen MR) is 66.2 cm³/mol. The molecular weight excluding hydrogens is 212 g/mol. The van der Waals surface area contributed by atoms with Gasteiger partial charge in [0.05, 0.1) is 6.10 Å². The molecule has 1 N–H and O–H groups in total. The van der Waals surface area contributed by atoms with Crippen LogP contribution in [-0.2, 0) is 6.42 Å². The summed E-state index contributed by atoms with van der Waals surface area (Å²) in [5.74, 6) is 1.70. The number of benzene rings is 2. The molecule has 1 atom stereocenters. The molecule has 2 aromatic carbocycles. The summed E-state index contributed by atoms with van der Waals surface area (Å²) in [5, 5.41) is 9.82. The molecule has 0 heterocycles. The van der Waals surface area contributed by atoms with Crippen LogP contribution in [0.25, 0.3) is 0 Å². The summed E-state index contributed by atoms with van der Waals surface area (Å²) >= 11 is 0. The Morgan fingerprint density at radius 1 is 1.00 bits per heavy atom. The highest BCUT2D eigenvalue weighted by molar-refractivity contribution is 5.46. The van der Waals surface area contributed by atoms with Crippen LogP contribution >= 0.6 is 0 Å². The summed E-state index contributed by atoms with van der Waals surface area (Å²) < 4.78 is 5.86. The number of rotatable bonds is 2. The third-order valence-electron chi connectivity index (χ3n) is 3.17. The Bertz CT molecular complexity index is 520. The summed E-state index contributed by atoms with van der Waals surface area (Å²) in [6.45, 7) is 0. The van der Waals surface area contributed by atoms with Crippen molar-refractivity contribution in [3.8, 4) is 11.5 Å². The van der Waals surface area contributed by atoms with Gasteiger partial charge in [0.25, 0.3) is 0 Å². The summed E-state index contributed by atoms with van der Waals surface area (Å²) in [5.41, 5.74) is 2.15. The fourth-order valence-electron chi connectivity index (χ4n) is 2.31. The maximum absolute atomic E-state index is 9.82. The fourth-order valence-corrected chi connectivity index (χ4v) is 2.31. The van der Waals surface area contributed by atoms with Crippen LogP contribution in [0.1, 0.15) is 23.7 Å². The van der Waals surface area contributed by atoms with Crippen LogP contribution in [0.4, 0.5) is 0 Å². The van der Waals surface area contributed by atoms with E-state index in [2.05, 4.69) is 0 Å². The van der Waals surface area contributed by atoms with E-state index in [-0.39, 0.29) is 6.10 Å². The van der Waals surface area contributed by atoms with E-state index in [9.17, 15) is 5.11 Å². The van der Waals surface area contributed by atoms with Gasteiger partial charge in [-0.05, 0) is 36.6 Å². The molecule has 3 rings (SSSR count). The van der Waals surface area contributed by atoms with Gasteiger partial charge in [0.1, 0.15) is 11.5 Å². The van der Waals surface area contributed by atoms with Gasteiger partial charge in [-0.3, -0.25) is 0 Å². The van der Waals surface area contributed by atoms with Crippen molar-refractivity contribution in [1.82, 2.24) is 0 Å². The molecule has 0 spiro atoms. The van der Waals surface area contributed by atoms with E-state index in [0.717, 1.165) is 35.5 Å². The molecule has 1 aliphatic carbocycles. The van der Waals surface area contributed by atoms with E-state index in [1.807, 2.05) is 48.5 Å². The number of fused-ring (bicyclic) bond motifs is 1. The van der Waals surface area contributed by atoms with Crippen LogP contribution in [0.15, 0.2) is 48.5 Å². The maximum Gasteiger partial charge on any atom is 0.130 e. The first-order valence-electron chi connectivity index (χ1n) is 5.87. The van der Waals surface area contributed by atoms with Crippen molar-refractivity contribution in [2.75, 3.05) is 0 Å². The number of hydrogen-bond acceptors (Lipinski definition) is 2. The summed E-state index contributed by atoms with van der Waals surface area (Å²) in [6, 6.07) is 15.6. The lowest BCUT2D eigenvalue weighted by Gasteiger charge is -2.10. The van der Waals surface area contributed by atoms with Gasteiger partial charge in [0.2, 0.25) is 0 Å². The Kier molecular flexibility index (Phi) is 2.57. The first-order chi connectivity index (χ1) is 8.34. The van der Waals surface area contributed by atoms with Crippen molar-refractivity contribution in [1.29, 1.82) is 0 Å². The third kappa shape index (κ3) is 1.92. The number of aliphatic hydroxyl groups is 1. The van der Waals surface area contributed by atoms with Gasteiger partial charge in [-0.15, -0.1) is 0 Å². The molecule has 0 radical (unpaired) electrons. The molecule has 2 nitrogen and oxygen atoms in total. The minimum absolute atomic E-state index is 0.329. The highest BCUT2D eigenvalue weighted by atomic mass is 16.5. The van der Waals surface area contributed by atoms with Gasteiger partial charge in [-0.2, -0.15) is 0 Å². The van der Waals surface area contributed by atoms with Gasteiger partial charge in [-0.1, -0.05) is 30.3 Å². The number of aliphatic hydroxyl groups excluding tert-OH is 1. The predicted octanol–water partition coefficient (Wildman–Crippen LogP) is 3.46. The van der Waals surface area contributed by atoms with Crippen LogP contribution in [0.2, 0.25) is 0 Å². The molecule has 0 aromatic heterocycles. The van der Waals surface area contributed by atoms with Crippen LogP contribution < -0.4 is 4.74 Å². The van der Waals surface area contributed by atoms with Crippen LogP contribution in [0, 0.1) is 0 Å². The highest BCUT2D eigenvalue weighted by Crippen LogP contribution is 2.38. The van der Waals surface area contributed by atoms with E-state index in [0.29, 0.717) is 0 Å². The highest BCUT2D eigenvalue weighted by Gasteiger charge is 2.23. The normalized spacial score (nSPS) is 17.8. The molecule has 2 aromatic rings. The van der Waals surface area contributed by atoms with Crippen LogP contribution in [0.3, 0.4) is 0 Å². The molecule has 86 valence electrons. The van der Waals surface area contributed by atoms with Crippen molar-refractivity contribution in [2.45, 2.75) is 18.9 Å². The Balaban J connectivity index is 1.95. The van der Waals surface area contributed by atoms with E-state index in [4.69, 9.17) is 4.74 Å². The van der Waals surface area contributed by atoms with E-state index in [1.54, 1.807) is 0 Å². The lowest BCUT2D eigenvalue weighted by molar-refractivity contribution is 0.180. The van der Waals surface area contributed by atoms with Crippen LogP contribution in [-0.4, -0.2) is 5.11 Å². The standard InChI is InChI=1S/C15H14O2/c16-14-10-9-13-12(14)7-4-8-15(13)17-11-5-2-1-3-6-11/h1-8,14,16H,9-10H2.